The summed E-state index contributed by atoms with van der Waals surface area (Å²) in [6.45, 7) is 4.39. The van der Waals surface area contributed by atoms with Gasteiger partial charge in [0, 0.05) is 12.1 Å². The van der Waals surface area contributed by atoms with E-state index in [9.17, 15) is 9.90 Å². The topological polar surface area (TPSA) is 67.2 Å². The molecule has 0 unspecified atom stereocenters. The van der Waals surface area contributed by atoms with Crippen molar-refractivity contribution in [2.45, 2.75) is 51.6 Å². The standard InChI is InChI=1S/C19H25N3O2/c1-19(2,13-23)21-18(24)16-15-11-7-4-8-12-22(15)17(20-16)14-9-5-3-6-10-14/h3,5-6,9-10,23H,4,7-8,11-13H2,1-2H3,(H,21,24). The molecule has 5 heteroatoms. The zero-order valence-electron chi connectivity index (χ0n) is 14.4. The molecule has 0 aliphatic carbocycles. The van der Waals surface area contributed by atoms with E-state index >= 15 is 0 Å². The number of rotatable bonds is 4. The van der Waals surface area contributed by atoms with E-state index in [0.717, 1.165) is 42.9 Å². The lowest BCUT2D eigenvalue weighted by molar-refractivity contribution is 0.0863. The van der Waals surface area contributed by atoms with Gasteiger partial charge in [0.25, 0.3) is 5.91 Å². The van der Waals surface area contributed by atoms with Crippen molar-refractivity contribution in [2.75, 3.05) is 6.61 Å². The number of nitrogens with one attached hydrogen (secondary N) is 1. The molecular weight excluding hydrogens is 302 g/mol. The second-order valence-corrected chi connectivity index (χ2v) is 7.06. The molecule has 5 nitrogen and oxygen atoms in total. The lowest BCUT2D eigenvalue weighted by Gasteiger charge is -2.23. The van der Waals surface area contributed by atoms with Crippen molar-refractivity contribution < 1.29 is 9.90 Å². The van der Waals surface area contributed by atoms with Crippen molar-refractivity contribution in [1.82, 2.24) is 14.9 Å². The number of benzene rings is 1. The van der Waals surface area contributed by atoms with Crippen LogP contribution >= 0.6 is 0 Å². The fourth-order valence-electron chi connectivity index (χ4n) is 3.12. The molecule has 3 rings (SSSR count). The summed E-state index contributed by atoms with van der Waals surface area (Å²) in [4.78, 5) is 17.4. The van der Waals surface area contributed by atoms with Crippen molar-refractivity contribution in [3.63, 3.8) is 0 Å². The summed E-state index contributed by atoms with van der Waals surface area (Å²) in [5.41, 5.74) is 1.88. The van der Waals surface area contributed by atoms with Gasteiger partial charge in [0.15, 0.2) is 0 Å². The zero-order chi connectivity index (χ0) is 17.2. The fraction of sp³-hybridized carbons (Fsp3) is 0.474. The fourth-order valence-corrected chi connectivity index (χ4v) is 3.12. The highest BCUT2D eigenvalue weighted by Crippen LogP contribution is 2.27. The van der Waals surface area contributed by atoms with Crippen LogP contribution in [0, 0.1) is 0 Å². The summed E-state index contributed by atoms with van der Waals surface area (Å²) < 4.78 is 2.20. The number of amides is 1. The van der Waals surface area contributed by atoms with Crippen molar-refractivity contribution in [1.29, 1.82) is 0 Å². The molecule has 1 aromatic heterocycles. The molecule has 1 aliphatic rings. The predicted octanol–water partition coefficient (Wildman–Crippen LogP) is 2.78. The van der Waals surface area contributed by atoms with Crippen LogP contribution in [0.5, 0.6) is 0 Å². The van der Waals surface area contributed by atoms with Gasteiger partial charge >= 0.3 is 0 Å². The van der Waals surface area contributed by atoms with Crippen LogP contribution in [0.1, 0.15) is 49.3 Å². The maximum Gasteiger partial charge on any atom is 0.272 e. The minimum Gasteiger partial charge on any atom is -0.394 e. The number of fused-ring (bicyclic) bond motifs is 1. The Bertz CT molecular complexity index is 720. The number of hydrogen-bond donors (Lipinski definition) is 2. The number of aliphatic hydroxyl groups excluding tert-OH is 1. The molecule has 2 N–H and O–H groups in total. The van der Waals surface area contributed by atoms with E-state index in [4.69, 9.17) is 4.98 Å². The molecule has 1 aromatic carbocycles. The first-order valence-electron chi connectivity index (χ1n) is 8.60. The van der Waals surface area contributed by atoms with Crippen LogP contribution in [0.15, 0.2) is 30.3 Å². The van der Waals surface area contributed by atoms with Gasteiger partial charge in [-0.25, -0.2) is 4.98 Å². The maximum atomic E-state index is 12.7. The van der Waals surface area contributed by atoms with Gasteiger partial charge in [-0.3, -0.25) is 4.79 Å². The van der Waals surface area contributed by atoms with E-state index in [-0.39, 0.29) is 12.5 Å². The van der Waals surface area contributed by atoms with Gasteiger partial charge in [0.05, 0.1) is 17.8 Å². The van der Waals surface area contributed by atoms with Crippen molar-refractivity contribution in [3.05, 3.63) is 41.7 Å². The zero-order valence-corrected chi connectivity index (χ0v) is 14.4. The maximum absolute atomic E-state index is 12.7. The van der Waals surface area contributed by atoms with Gasteiger partial charge in [-0.15, -0.1) is 0 Å². The van der Waals surface area contributed by atoms with Crippen molar-refractivity contribution in [2.24, 2.45) is 0 Å². The predicted molar refractivity (Wildman–Crippen MR) is 93.8 cm³/mol. The van der Waals surface area contributed by atoms with Crippen LogP contribution in [-0.2, 0) is 13.0 Å². The summed E-state index contributed by atoms with van der Waals surface area (Å²) in [5.74, 6) is 0.654. The van der Waals surface area contributed by atoms with Gasteiger partial charge in [-0.1, -0.05) is 36.8 Å². The van der Waals surface area contributed by atoms with Gasteiger partial charge in [0.1, 0.15) is 11.5 Å². The quantitative estimate of drug-likeness (QED) is 0.907. The first-order valence-corrected chi connectivity index (χ1v) is 8.60. The van der Waals surface area contributed by atoms with Crippen molar-refractivity contribution in [3.8, 4) is 11.4 Å². The van der Waals surface area contributed by atoms with Crippen LogP contribution in [0.25, 0.3) is 11.4 Å². The van der Waals surface area contributed by atoms with Gasteiger partial charge in [0.2, 0.25) is 0 Å². The molecular formula is C19H25N3O2. The second kappa shape index (κ2) is 6.77. The van der Waals surface area contributed by atoms with Gasteiger partial charge in [-0.05, 0) is 33.1 Å². The molecule has 0 fully saturated rings. The Hall–Kier alpha value is -2.14. The van der Waals surface area contributed by atoms with Crippen LogP contribution in [-0.4, -0.2) is 32.7 Å². The summed E-state index contributed by atoms with van der Waals surface area (Å²) in [6, 6.07) is 10.0. The van der Waals surface area contributed by atoms with Gasteiger partial charge < -0.3 is 15.0 Å². The molecule has 1 aliphatic heterocycles. The Labute approximate surface area is 142 Å². The number of imidazole rings is 1. The Morgan fingerprint density at radius 2 is 2.00 bits per heavy atom. The highest BCUT2D eigenvalue weighted by atomic mass is 16.3. The SMILES string of the molecule is CC(C)(CO)NC(=O)c1nc(-c2ccccc2)n2c1CCCCC2. The van der Waals surface area contributed by atoms with Crippen molar-refractivity contribution >= 4 is 5.91 Å². The van der Waals surface area contributed by atoms with E-state index in [1.807, 2.05) is 30.3 Å². The van der Waals surface area contributed by atoms with Crippen LogP contribution < -0.4 is 5.32 Å². The minimum absolute atomic E-state index is 0.111. The normalized spacial score (nSPS) is 14.8. The highest BCUT2D eigenvalue weighted by molar-refractivity contribution is 5.94. The van der Waals surface area contributed by atoms with E-state index in [1.165, 1.54) is 6.42 Å². The third kappa shape index (κ3) is 3.36. The Kier molecular flexibility index (Phi) is 4.71. The number of carbonyl (C=O) groups is 1. The smallest absolute Gasteiger partial charge is 0.272 e. The largest absolute Gasteiger partial charge is 0.394 e. The first-order chi connectivity index (χ1) is 11.5. The molecule has 0 saturated heterocycles. The van der Waals surface area contributed by atoms with Crippen LogP contribution in [0.2, 0.25) is 0 Å². The molecule has 0 spiro atoms. The van der Waals surface area contributed by atoms with Crippen LogP contribution in [0.3, 0.4) is 0 Å². The third-order valence-electron chi connectivity index (χ3n) is 4.46. The Morgan fingerprint density at radius 3 is 2.71 bits per heavy atom. The van der Waals surface area contributed by atoms with E-state index in [2.05, 4.69) is 9.88 Å². The third-order valence-corrected chi connectivity index (χ3v) is 4.46. The number of aliphatic hydroxyl groups is 1. The summed E-state index contributed by atoms with van der Waals surface area (Å²) in [7, 11) is 0. The summed E-state index contributed by atoms with van der Waals surface area (Å²) in [6.07, 6.45) is 4.21. The van der Waals surface area contributed by atoms with Gasteiger partial charge in [-0.2, -0.15) is 0 Å². The number of nitrogens with zero attached hydrogens (tertiary/aromatic N) is 2. The minimum atomic E-state index is -0.661. The van der Waals surface area contributed by atoms with Crippen LogP contribution in [0.4, 0.5) is 0 Å². The molecule has 0 bridgehead atoms. The molecule has 128 valence electrons. The first kappa shape index (κ1) is 16.7. The highest BCUT2D eigenvalue weighted by Gasteiger charge is 2.27. The number of aromatic nitrogens is 2. The molecule has 0 saturated carbocycles. The van der Waals surface area contributed by atoms with E-state index in [1.54, 1.807) is 13.8 Å². The molecule has 0 atom stereocenters. The molecule has 24 heavy (non-hydrogen) atoms. The second-order valence-electron chi connectivity index (χ2n) is 7.06. The number of hydrogen-bond acceptors (Lipinski definition) is 3. The lowest BCUT2D eigenvalue weighted by Crippen LogP contribution is -2.46. The lowest BCUT2D eigenvalue weighted by atomic mass is 10.1. The van der Waals surface area contributed by atoms with E-state index < -0.39 is 5.54 Å². The molecule has 0 radical (unpaired) electrons. The monoisotopic (exact) mass is 327 g/mol. The molecule has 1 amide bonds. The number of carbonyl (C=O) groups excluding carboxylic acids is 1. The summed E-state index contributed by atoms with van der Waals surface area (Å²) in [5, 5.41) is 12.3. The average Bonchev–Trinajstić information content (AvgIpc) is 2.77. The van der Waals surface area contributed by atoms with E-state index in [0.29, 0.717) is 5.69 Å². The molecule has 2 heterocycles. The average molecular weight is 327 g/mol. The Balaban J connectivity index is 2.04. The summed E-state index contributed by atoms with van der Waals surface area (Å²) >= 11 is 0. The molecule has 2 aromatic rings. The Morgan fingerprint density at radius 1 is 1.25 bits per heavy atom.